The van der Waals surface area contributed by atoms with Crippen molar-refractivity contribution in [3.8, 4) is 0 Å². The highest BCUT2D eigenvalue weighted by atomic mass is 16.7. The Labute approximate surface area is 209 Å². The maximum atomic E-state index is 12.1. The fraction of sp³-hybridized carbons (Fsp3) is 0.821. The predicted octanol–water partition coefficient (Wildman–Crippen LogP) is 4.72. The third-order valence-electron chi connectivity index (χ3n) is 9.64. The highest BCUT2D eigenvalue weighted by molar-refractivity contribution is 6.01. The van der Waals surface area contributed by atoms with Gasteiger partial charge in [-0.25, -0.2) is 4.79 Å². The molecule has 1 aliphatic heterocycles. The second kappa shape index (κ2) is 10.3. The minimum Gasteiger partial charge on any atom is -0.393 e. The first-order chi connectivity index (χ1) is 16.6. The average Bonchev–Trinajstić information content (AvgIpc) is 3.31. The zero-order valence-corrected chi connectivity index (χ0v) is 21.9. The summed E-state index contributed by atoms with van der Waals surface area (Å²) in [5.74, 6) is 0.313. The summed E-state index contributed by atoms with van der Waals surface area (Å²) in [4.78, 5) is 40.2. The van der Waals surface area contributed by atoms with E-state index in [4.69, 9.17) is 9.57 Å². The van der Waals surface area contributed by atoms with Crippen LogP contribution in [0.25, 0.3) is 0 Å². The van der Waals surface area contributed by atoms with Crippen LogP contribution in [0.1, 0.15) is 98.3 Å². The van der Waals surface area contributed by atoms with E-state index in [1.165, 1.54) is 24.8 Å². The molecule has 4 aliphatic carbocycles. The van der Waals surface area contributed by atoms with Crippen molar-refractivity contribution < 1.29 is 29.1 Å². The minimum atomic E-state index is -0.713. The van der Waals surface area contributed by atoms with Crippen molar-refractivity contribution in [2.75, 3.05) is 6.61 Å². The Balaban J connectivity index is 0.000000917. The number of rotatable bonds is 4. The molecule has 0 aromatic rings. The Hall–Kier alpha value is -1.73. The van der Waals surface area contributed by atoms with Gasteiger partial charge in [0.2, 0.25) is 0 Å². The fourth-order valence-corrected chi connectivity index (χ4v) is 7.76. The fourth-order valence-electron chi connectivity index (χ4n) is 7.76. The van der Waals surface area contributed by atoms with Gasteiger partial charge in [0.25, 0.3) is 11.8 Å². The van der Waals surface area contributed by atoms with E-state index in [2.05, 4.69) is 33.8 Å². The summed E-state index contributed by atoms with van der Waals surface area (Å²) < 4.78 is 5.82. The number of ether oxygens (including phenoxy) is 1. The van der Waals surface area contributed by atoms with Gasteiger partial charge < -0.3 is 14.7 Å². The monoisotopic (exact) mass is 489 g/mol. The topological polar surface area (TPSA) is 93.1 Å². The van der Waals surface area contributed by atoms with Gasteiger partial charge in [0.05, 0.1) is 12.2 Å². The molecule has 0 spiro atoms. The molecule has 3 saturated carbocycles. The van der Waals surface area contributed by atoms with Crippen molar-refractivity contribution in [2.45, 2.75) is 111 Å². The van der Waals surface area contributed by atoms with Gasteiger partial charge in [0.1, 0.15) is 6.61 Å². The Morgan fingerprint density at radius 2 is 1.69 bits per heavy atom. The molecular formula is C28H43NO6. The predicted molar refractivity (Wildman–Crippen MR) is 131 cm³/mol. The van der Waals surface area contributed by atoms with E-state index in [1.54, 1.807) is 0 Å². The van der Waals surface area contributed by atoms with Crippen LogP contribution in [0.5, 0.6) is 0 Å². The molecule has 0 aromatic carbocycles. The van der Waals surface area contributed by atoms with Gasteiger partial charge in [-0.1, -0.05) is 45.8 Å². The van der Waals surface area contributed by atoms with E-state index in [-0.39, 0.29) is 42.5 Å². The van der Waals surface area contributed by atoms with Crippen LogP contribution in [0.4, 0.5) is 0 Å². The summed E-state index contributed by atoms with van der Waals surface area (Å²) in [5.41, 5.74) is 1.72. The third-order valence-corrected chi connectivity index (χ3v) is 9.64. The Bertz CT molecular complexity index is 854. The van der Waals surface area contributed by atoms with Crippen molar-refractivity contribution >= 4 is 17.8 Å². The number of hydrogen-bond donors (Lipinski definition) is 1. The number of aliphatic hydroxyl groups excluding tert-OH is 1. The van der Waals surface area contributed by atoms with Crippen LogP contribution in [0, 0.1) is 28.6 Å². The number of carbonyl (C=O) groups is 3. The molecule has 7 atom stereocenters. The molecule has 0 radical (unpaired) electrons. The summed E-state index contributed by atoms with van der Waals surface area (Å²) in [6.45, 7) is 8.71. The number of fused-ring (bicyclic) bond motifs is 5. The number of aliphatic hydroxyl groups is 1. The van der Waals surface area contributed by atoms with Gasteiger partial charge in [0.15, 0.2) is 0 Å². The van der Waals surface area contributed by atoms with E-state index in [0.717, 1.165) is 38.5 Å². The Kier molecular flexibility index (Phi) is 7.77. The van der Waals surface area contributed by atoms with Crippen molar-refractivity contribution in [1.29, 1.82) is 0 Å². The molecule has 5 aliphatic rings. The van der Waals surface area contributed by atoms with E-state index in [9.17, 15) is 19.5 Å². The van der Waals surface area contributed by atoms with E-state index in [1.807, 2.05) is 0 Å². The standard InChI is InChI=1S/C25H35NO6.C3H8/c1-24-11-9-16(31-14-23(30)32-26-21(28)7-8-22(26)29)13-15(24)3-4-17-18-5-6-20(27)25(18,2)12-10-19(17)24;1-3-2/h13,16-20,27H,3-12,14H2,1-2H3;3H2,1-2H3/t16-,17?,18?,19?,20?,24?,25?;/m0./s1. The summed E-state index contributed by atoms with van der Waals surface area (Å²) in [6, 6.07) is 0. The third kappa shape index (κ3) is 4.83. The van der Waals surface area contributed by atoms with Crippen molar-refractivity contribution in [2.24, 2.45) is 28.6 Å². The van der Waals surface area contributed by atoms with Crippen molar-refractivity contribution in [1.82, 2.24) is 5.06 Å². The second-order valence-electron chi connectivity index (χ2n) is 11.8. The lowest BCUT2D eigenvalue weighted by atomic mass is 9.47. The van der Waals surface area contributed by atoms with Crippen LogP contribution in [0.2, 0.25) is 0 Å². The maximum Gasteiger partial charge on any atom is 0.358 e. The van der Waals surface area contributed by atoms with Crippen LogP contribution < -0.4 is 0 Å². The number of hydrogen-bond acceptors (Lipinski definition) is 6. The molecule has 6 unspecified atom stereocenters. The molecule has 0 bridgehead atoms. The molecule has 1 saturated heterocycles. The van der Waals surface area contributed by atoms with Gasteiger partial charge in [0, 0.05) is 12.8 Å². The first kappa shape index (κ1) is 26.3. The second-order valence-corrected chi connectivity index (χ2v) is 11.8. The zero-order valence-electron chi connectivity index (χ0n) is 21.9. The van der Waals surface area contributed by atoms with Crippen LogP contribution >= 0.6 is 0 Å². The maximum absolute atomic E-state index is 12.1. The van der Waals surface area contributed by atoms with Gasteiger partial charge >= 0.3 is 5.97 Å². The normalized spacial score (nSPS) is 40.2. The first-order valence-corrected chi connectivity index (χ1v) is 13.7. The van der Waals surface area contributed by atoms with Gasteiger partial charge in [-0.2, -0.15) is 0 Å². The highest BCUT2D eigenvalue weighted by Gasteiger charge is 2.58. The van der Waals surface area contributed by atoms with Crippen LogP contribution in [0.15, 0.2) is 11.6 Å². The number of carbonyl (C=O) groups excluding carboxylic acids is 3. The number of allylic oxidation sites excluding steroid dienone is 1. The Morgan fingerprint density at radius 1 is 1.00 bits per heavy atom. The van der Waals surface area contributed by atoms with Gasteiger partial charge in [-0.15, -0.1) is 5.06 Å². The van der Waals surface area contributed by atoms with E-state index < -0.39 is 17.8 Å². The van der Waals surface area contributed by atoms with E-state index >= 15 is 0 Å². The molecule has 2 amide bonds. The first-order valence-electron chi connectivity index (χ1n) is 13.7. The number of hydroxylamine groups is 2. The molecule has 4 fully saturated rings. The van der Waals surface area contributed by atoms with Gasteiger partial charge in [-0.3, -0.25) is 9.59 Å². The van der Waals surface area contributed by atoms with Gasteiger partial charge in [-0.05, 0) is 80.0 Å². The lowest BCUT2D eigenvalue weighted by Gasteiger charge is -2.58. The highest BCUT2D eigenvalue weighted by Crippen LogP contribution is 2.65. The molecule has 7 heteroatoms. The molecule has 5 rings (SSSR count). The molecule has 7 nitrogen and oxygen atoms in total. The molecule has 0 aromatic heterocycles. The molecular weight excluding hydrogens is 446 g/mol. The zero-order chi connectivity index (χ0) is 25.4. The number of amides is 2. The summed E-state index contributed by atoms with van der Waals surface area (Å²) in [7, 11) is 0. The molecule has 1 heterocycles. The lowest BCUT2D eigenvalue weighted by Crippen LogP contribution is -2.51. The van der Waals surface area contributed by atoms with Crippen LogP contribution in [-0.2, 0) is 24.0 Å². The molecule has 1 N–H and O–H groups in total. The summed E-state index contributed by atoms with van der Waals surface area (Å²) in [6.07, 6.45) is 11.9. The number of nitrogens with zero attached hydrogens (tertiary/aromatic N) is 1. The molecule has 35 heavy (non-hydrogen) atoms. The Morgan fingerprint density at radius 3 is 2.37 bits per heavy atom. The summed E-state index contributed by atoms with van der Waals surface area (Å²) >= 11 is 0. The van der Waals surface area contributed by atoms with E-state index in [0.29, 0.717) is 22.8 Å². The minimum absolute atomic E-state index is 0.0847. The smallest absolute Gasteiger partial charge is 0.358 e. The van der Waals surface area contributed by atoms with Crippen molar-refractivity contribution in [3.05, 3.63) is 11.6 Å². The SMILES string of the molecule is CC12CC[C@H](OCC(=O)ON3C(=O)CCC3=O)C=C1CCC1C2CCC2(C)C(O)CCC12.CCC. The molecule has 196 valence electrons. The number of imide groups is 1. The average molecular weight is 490 g/mol. The van der Waals surface area contributed by atoms with Crippen molar-refractivity contribution in [3.63, 3.8) is 0 Å². The quantitative estimate of drug-likeness (QED) is 0.454. The van der Waals surface area contributed by atoms with Crippen LogP contribution in [-0.4, -0.2) is 46.8 Å². The lowest BCUT2D eigenvalue weighted by molar-refractivity contribution is -0.201. The summed E-state index contributed by atoms with van der Waals surface area (Å²) in [5, 5.41) is 11.2. The van der Waals surface area contributed by atoms with Crippen LogP contribution in [0.3, 0.4) is 0 Å². The largest absolute Gasteiger partial charge is 0.393 e.